The van der Waals surface area contributed by atoms with Crippen LogP contribution in [-0.4, -0.2) is 22.1 Å². The Kier molecular flexibility index (Phi) is 3.72. The van der Waals surface area contributed by atoms with E-state index in [1.54, 1.807) is 19.5 Å². The van der Waals surface area contributed by atoms with Gasteiger partial charge in [0.2, 0.25) is 0 Å². The molecule has 4 nitrogen and oxygen atoms in total. The molecule has 1 N–H and O–H groups in total. The van der Waals surface area contributed by atoms with Crippen molar-refractivity contribution in [1.29, 1.82) is 0 Å². The fourth-order valence-corrected chi connectivity index (χ4v) is 1.80. The molecule has 2 aromatic rings. The highest BCUT2D eigenvalue weighted by Crippen LogP contribution is 2.22. The van der Waals surface area contributed by atoms with E-state index in [9.17, 15) is 0 Å². The smallest absolute Gasteiger partial charge is 0.137 e. The number of rotatable bonds is 3. The molecule has 0 bridgehead atoms. The number of ether oxygens (including phenoxy) is 1. The molecule has 0 atom stereocenters. The highest BCUT2D eigenvalue weighted by molar-refractivity contribution is 7.71. The summed E-state index contributed by atoms with van der Waals surface area (Å²) in [5.41, 5.74) is 1.84. The zero-order valence-corrected chi connectivity index (χ0v) is 11.4. The molecular weight excluding hydrogens is 246 g/mol. The second kappa shape index (κ2) is 5.27. The molecule has 0 amide bonds. The predicted molar refractivity (Wildman–Crippen MR) is 73.3 cm³/mol. The van der Waals surface area contributed by atoms with Crippen molar-refractivity contribution in [2.24, 2.45) is 0 Å². The first-order valence-corrected chi connectivity index (χ1v) is 6.11. The Bertz CT molecular complexity index is 607. The molecule has 94 valence electrons. The van der Waals surface area contributed by atoms with Gasteiger partial charge in [-0.05, 0) is 12.1 Å². The molecule has 5 heteroatoms. The summed E-state index contributed by atoms with van der Waals surface area (Å²) in [5.74, 6) is 1.89. The molecule has 0 fully saturated rings. The third-order valence-electron chi connectivity index (χ3n) is 2.57. The van der Waals surface area contributed by atoms with Gasteiger partial charge < -0.3 is 9.72 Å². The Morgan fingerprint density at radius 1 is 1.28 bits per heavy atom. The molecule has 0 spiro atoms. The van der Waals surface area contributed by atoms with Crippen molar-refractivity contribution in [3.63, 3.8) is 0 Å². The van der Waals surface area contributed by atoms with E-state index in [0.717, 1.165) is 22.8 Å². The summed E-state index contributed by atoms with van der Waals surface area (Å²) in [4.78, 5) is 11.7. The molecule has 0 unspecified atom stereocenters. The van der Waals surface area contributed by atoms with Gasteiger partial charge in [-0.25, -0.2) is 4.98 Å². The average molecular weight is 261 g/mol. The van der Waals surface area contributed by atoms with Crippen LogP contribution in [0.3, 0.4) is 0 Å². The second-order valence-corrected chi connectivity index (χ2v) is 4.70. The number of pyridine rings is 1. The van der Waals surface area contributed by atoms with Crippen LogP contribution in [0.1, 0.15) is 25.6 Å². The monoisotopic (exact) mass is 261 g/mol. The summed E-state index contributed by atoms with van der Waals surface area (Å²) in [6, 6.07) is 3.75. The van der Waals surface area contributed by atoms with Gasteiger partial charge in [0, 0.05) is 17.7 Å². The lowest BCUT2D eigenvalue weighted by molar-refractivity contribution is 0.413. The normalized spacial score (nSPS) is 10.7. The number of aromatic nitrogens is 3. The summed E-state index contributed by atoms with van der Waals surface area (Å²) in [7, 11) is 1.62. The molecule has 0 aromatic carbocycles. The van der Waals surface area contributed by atoms with Gasteiger partial charge in [-0.15, -0.1) is 0 Å². The van der Waals surface area contributed by atoms with Crippen LogP contribution in [0.4, 0.5) is 0 Å². The Balaban J connectivity index is 2.52. The first-order valence-electron chi connectivity index (χ1n) is 5.71. The molecule has 0 radical (unpaired) electrons. The Hall–Kier alpha value is -1.75. The van der Waals surface area contributed by atoms with Gasteiger partial charge in [-0.2, -0.15) is 0 Å². The number of aromatic amines is 1. The SMILES string of the molecule is COc1cncc(-c2cc(=S)nc(C(C)C)[nH]2)c1. The van der Waals surface area contributed by atoms with E-state index < -0.39 is 0 Å². The van der Waals surface area contributed by atoms with Gasteiger partial charge in [0.15, 0.2) is 0 Å². The highest BCUT2D eigenvalue weighted by Gasteiger charge is 2.06. The zero-order valence-electron chi connectivity index (χ0n) is 10.6. The van der Waals surface area contributed by atoms with Crippen molar-refractivity contribution < 1.29 is 4.74 Å². The zero-order chi connectivity index (χ0) is 13.1. The average Bonchev–Trinajstić information content (AvgIpc) is 2.38. The summed E-state index contributed by atoms with van der Waals surface area (Å²) in [5, 5.41) is 0. The van der Waals surface area contributed by atoms with Crippen LogP contribution in [0.25, 0.3) is 11.3 Å². The molecule has 2 aromatic heterocycles. The number of hydrogen-bond acceptors (Lipinski definition) is 4. The minimum atomic E-state index is 0.296. The number of methoxy groups -OCH3 is 1. The fourth-order valence-electron chi connectivity index (χ4n) is 1.58. The molecule has 18 heavy (non-hydrogen) atoms. The summed E-state index contributed by atoms with van der Waals surface area (Å²) >= 11 is 5.18. The summed E-state index contributed by atoms with van der Waals surface area (Å²) in [6.45, 7) is 4.14. The van der Waals surface area contributed by atoms with Gasteiger partial charge in [-0.3, -0.25) is 4.98 Å². The molecular formula is C13H15N3OS. The molecule has 2 rings (SSSR count). The number of hydrogen-bond donors (Lipinski definition) is 1. The molecule has 0 saturated carbocycles. The summed E-state index contributed by atoms with van der Waals surface area (Å²) < 4.78 is 5.75. The van der Waals surface area contributed by atoms with Gasteiger partial charge in [0.1, 0.15) is 16.2 Å². The van der Waals surface area contributed by atoms with Crippen LogP contribution in [0.2, 0.25) is 0 Å². The fraction of sp³-hybridized carbons (Fsp3) is 0.308. The Morgan fingerprint density at radius 3 is 2.72 bits per heavy atom. The van der Waals surface area contributed by atoms with E-state index in [-0.39, 0.29) is 0 Å². The maximum atomic E-state index is 5.18. The van der Waals surface area contributed by atoms with Crippen molar-refractivity contribution in [2.75, 3.05) is 7.11 Å². The van der Waals surface area contributed by atoms with Crippen LogP contribution in [-0.2, 0) is 0 Å². The van der Waals surface area contributed by atoms with E-state index in [0.29, 0.717) is 10.6 Å². The maximum Gasteiger partial charge on any atom is 0.137 e. The third-order valence-corrected chi connectivity index (χ3v) is 2.78. The molecule has 2 heterocycles. The standard InChI is InChI=1S/C13H15N3OS/c1-8(2)13-15-11(5-12(18)16-13)9-4-10(17-3)7-14-6-9/h4-8H,1-3H3,(H,15,16,18). The topological polar surface area (TPSA) is 50.8 Å². The minimum Gasteiger partial charge on any atom is -0.495 e. The lowest BCUT2D eigenvalue weighted by Crippen LogP contribution is -1.99. The molecule has 0 aliphatic heterocycles. The van der Waals surface area contributed by atoms with Crippen molar-refractivity contribution in [2.45, 2.75) is 19.8 Å². The lowest BCUT2D eigenvalue weighted by atomic mass is 10.1. The third kappa shape index (κ3) is 2.73. The van der Waals surface area contributed by atoms with Crippen LogP contribution < -0.4 is 4.74 Å². The number of nitrogens with zero attached hydrogens (tertiary/aromatic N) is 2. The molecule has 0 aliphatic rings. The van der Waals surface area contributed by atoms with Gasteiger partial charge in [0.05, 0.1) is 19.0 Å². The first kappa shape index (κ1) is 12.7. The van der Waals surface area contributed by atoms with Crippen molar-refractivity contribution in [3.8, 4) is 17.0 Å². The van der Waals surface area contributed by atoms with E-state index in [1.165, 1.54) is 0 Å². The van der Waals surface area contributed by atoms with Crippen LogP contribution >= 0.6 is 12.2 Å². The Labute approximate surface area is 111 Å². The molecule has 0 aliphatic carbocycles. The summed E-state index contributed by atoms with van der Waals surface area (Å²) in [6.07, 6.45) is 3.44. The van der Waals surface area contributed by atoms with E-state index in [1.807, 2.05) is 12.1 Å². The van der Waals surface area contributed by atoms with Crippen molar-refractivity contribution >= 4 is 12.2 Å². The van der Waals surface area contributed by atoms with Crippen LogP contribution in [0.15, 0.2) is 24.5 Å². The predicted octanol–water partition coefficient (Wildman–Crippen LogP) is 3.33. The van der Waals surface area contributed by atoms with Crippen LogP contribution in [0.5, 0.6) is 5.75 Å². The van der Waals surface area contributed by atoms with Crippen LogP contribution in [0, 0.1) is 4.64 Å². The Morgan fingerprint density at radius 2 is 2.06 bits per heavy atom. The minimum absolute atomic E-state index is 0.296. The van der Waals surface area contributed by atoms with Gasteiger partial charge >= 0.3 is 0 Å². The van der Waals surface area contributed by atoms with Gasteiger partial charge in [-0.1, -0.05) is 26.1 Å². The highest BCUT2D eigenvalue weighted by atomic mass is 32.1. The van der Waals surface area contributed by atoms with E-state index >= 15 is 0 Å². The number of nitrogens with one attached hydrogen (secondary N) is 1. The molecule has 0 saturated heterocycles. The number of H-pyrrole nitrogens is 1. The van der Waals surface area contributed by atoms with Crippen molar-refractivity contribution in [1.82, 2.24) is 15.0 Å². The van der Waals surface area contributed by atoms with Crippen molar-refractivity contribution in [3.05, 3.63) is 35.0 Å². The van der Waals surface area contributed by atoms with Gasteiger partial charge in [0.25, 0.3) is 0 Å². The van der Waals surface area contributed by atoms with E-state index in [4.69, 9.17) is 17.0 Å². The first-order chi connectivity index (χ1) is 8.60. The quantitative estimate of drug-likeness (QED) is 0.861. The second-order valence-electron chi connectivity index (χ2n) is 4.29. The largest absolute Gasteiger partial charge is 0.495 e. The maximum absolute atomic E-state index is 5.18. The van der Waals surface area contributed by atoms with E-state index in [2.05, 4.69) is 28.8 Å². The lowest BCUT2D eigenvalue weighted by Gasteiger charge is -2.09.